The van der Waals surface area contributed by atoms with E-state index in [9.17, 15) is 4.39 Å². The largest absolute Gasteiger partial charge is 0.354 e. The molecule has 0 bridgehead atoms. The van der Waals surface area contributed by atoms with E-state index in [1.165, 1.54) is 16.3 Å². The molecule has 0 amide bonds. The van der Waals surface area contributed by atoms with Gasteiger partial charge in [0.1, 0.15) is 12.0 Å². The Kier molecular flexibility index (Phi) is 2.90. The van der Waals surface area contributed by atoms with Crippen LogP contribution in [0.3, 0.4) is 0 Å². The van der Waals surface area contributed by atoms with Gasteiger partial charge in [0, 0.05) is 18.1 Å². The number of aryl methyl sites for hydroxylation is 1. The van der Waals surface area contributed by atoms with Crippen LogP contribution in [-0.2, 0) is 6.42 Å². The minimum atomic E-state index is -0.704. The number of hydrogen-bond donors (Lipinski definition) is 0. The third-order valence-corrected chi connectivity index (χ3v) is 3.68. The number of pyridine rings is 1. The molecular formula is C15H17FN2. The normalized spacial score (nSPS) is 19.7. The van der Waals surface area contributed by atoms with Gasteiger partial charge in [0.25, 0.3) is 0 Å². The van der Waals surface area contributed by atoms with E-state index in [-0.39, 0.29) is 0 Å². The van der Waals surface area contributed by atoms with Gasteiger partial charge in [-0.1, -0.05) is 25.1 Å². The first-order chi connectivity index (χ1) is 8.78. The van der Waals surface area contributed by atoms with Crippen molar-refractivity contribution in [3.63, 3.8) is 0 Å². The van der Waals surface area contributed by atoms with Crippen molar-refractivity contribution >= 4 is 16.6 Å². The zero-order valence-electron chi connectivity index (χ0n) is 10.6. The molecular weight excluding hydrogens is 227 g/mol. The number of fused-ring (bicyclic) bond motifs is 1. The van der Waals surface area contributed by atoms with Gasteiger partial charge in [-0.2, -0.15) is 0 Å². The number of aromatic nitrogens is 1. The van der Waals surface area contributed by atoms with Crippen LogP contribution in [0, 0.1) is 0 Å². The molecule has 0 saturated carbocycles. The summed E-state index contributed by atoms with van der Waals surface area (Å²) in [6.07, 6.45) is 2.85. The molecule has 0 N–H and O–H groups in total. The molecule has 3 heteroatoms. The van der Waals surface area contributed by atoms with Crippen molar-refractivity contribution in [1.82, 2.24) is 4.98 Å². The lowest BCUT2D eigenvalue weighted by Gasteiger charge is -2.17. The van der Waals surface area contributed by atoms with Gasteiger partial charge in [0.15, 0.2) is 0 Å². The van der Waals surface area contributed by atoms with Crippen molar-refractivity contribution in [1.29, 1.82) is 0 Å². The Morgan fingerprint density at radius 2 is 2.33 bits per heavy atom. The Labute approximate surface area is 106 Å². The number of benzene rings is 1. The number of anilines is 1. The van der Waals surface area contributed by atoms with E-state index < -0.39 is 6.17 Å². The first kappa shape index (κ1) is 11.5. The summed E-state index contributed by atoms with van der Waals surface area (Å²) >= 11 is 0. The fourth-order valence-electron chi connectivity index (χ4n) is 2.63. The van der Waals surface area contributed by atoms with Gasteiger partial charge in [-0.3, -0.25) is 0 Å². The predicted octanol–water partition coefficient (Wildman–Crippen LogP) is 3.35. The van der Waals surface area contributed by atoms with Crippen LogP contribution < -0.4 is 4.90 Å². The minimum absolute atomic E-state index is 0.478. The average Bonchev–Trinajstić information content (AvgIpc) is 2.84. The Balaban J connectivity index is 2.01. The van der Waals surface area contributed by atoms with Crippen LogP contribution >= 0.6 is 0 Å². The molecule has 0 radical (unpaired) electrons. The summed E-state index contributed by atoms with van der Waals surface area (Å²) in [6, 6.07) is 8.39. The zero-order chi connectivity index (χ0) is 12.5. The first-order valence-electron chi connectivity index (χ1n) is 6.54. The fourth-order valence-corrected chi connectivity index (χ4v) is 2.63. The third kappa shape index (κ3) is 1.94. The molecule has 1 aliphatic rings. The summed E-state index contributed by atoms with van der Waals surface area (Å²) in [5.41, 5.74) is 1.32. The second-order valence-corrected chi connectivity index (χ2v) is 4.87. The highest BCUT2D eigenvalue weighted by Gasteiger charge is 2.22. The lowest BCUT2D eigenvalue weighted by Crippen LogP contribution is -2.20. The van der Waals surface area contributed by atoms with Gasteiger partial charge in [0.05, 0.1) is 6.54 Å². The van der Waals surface area contributed by atoms with Crippen LogP contribution in [-0.4, -0.2) is 24.2 Å². The minimum Gasteiger partial charge on any atom is -0.354 e. The van der Waals surface area contributed by atoms with E-state index >= 15 is 0 Å². The summed E-state index contributed by atoms with van der Waals surface area (Å²) in [4.78, 5) is 6.52. The van der Waals surface area contributed by atoms with Gasteiger partial charge < -0.3 is 4.90 Å². The van der Waals surface area contributed by atoms with E-state index in [2.05, 4.69) is 36.2 Å². The Bertz CT molecular complexity index is 567. The molecule has 1 aliphatic heterocycles. The van der Waals surface area contributed by atoms with E-state index in [0.717, 1.165) is 18.8 Å². The highest BCUT2D eigenvalue weighted by molar-refractivity contribution is 5.87. The maximum atomic E-state index is 13.2. The lowest BCUT2D eigenvalue weighted by molar-refractivity contribution is 0.364. The molecule has 1 saturated heterocycles. The van der Waals surface area contributed by atoms with Crippen molar-refractivity contribution in [2.45, 2.75) is 25.9 Å². The van der Waals surface area contributed by atoms with Crippen LogP contribution in [0.1, 0.15) is 18.9 Å². The second kappa shape index (κ2) is 4.56. The van der Waals surface area contributed by atoms with Crippen molar-refractivity contribution in [2.24, 2.45) is 0 Å². The molecule has 3 rings (SSSR count). The third-order valence-electron chi connectivity index (χ3n) is 3.68. The van der Waals surface area contributed by atoms with Crippen LogP contribution in [0.25, 0.3) is 10.8 Å². The van der Waals surface area contributed by atoms with Gasteiger partial charge in [-0.25, -0.2) is 9.37 Å². The summed E-state index contributed by atoms with van der Waals surface area (Å²) in [5, 5.41) is 2.40. The van der Waals surface area contributed by atoms with Crippen molar-refractivity contribution in [3.8, 4) is 0 Å². The van der Waals surface area contributed by atoms with Gasteiger partial charge in [-0.05, 0) is 29.9 Å². The number of rotatable bonds is 2. The predicted molar refractivity (Wildman–Crippen MR) is 72.8 cm³/mol. The molecule has 2 heterocycles. The highest BCUT2D eigenvalue weighted by Crippen LogP contribution is 2.25. The molecule has 2 aromatic rings. The van der Waals surface area contributed by atoms with Crippen LogP contribution in [0.2, 0.25) is 0 Å². The second-order valence-electron chi connectivity index (χ2n) is 4.87. The molecule has 94 valence electrons. The molecule has 0 aliphatic carbocycles. The zero-order valence-corrected chi connectivity index (χ0v) is 10.6. The van der Waals surface area contributed by atoms with Crippen molar-refractivity contribution in [2.75, 3.05) is 18.0 Å². The Hall–Kier alpha value is -1.64. The molecule has 1 unspecified atom stereocenters. The fraction of sp³-hybridized carbons (Fsp3) is 0.400. The van der Waals surface area contributed by atoms with Gasteiger partial charge in [0.2, 0.25) is 0 Å². The van der Waals surface area contributed by atoms with Crippen molar-refractivity contribution in [3.05, 3.63) is 36.0 Å². The monoisotopic (exact) mass is 244 g/mol. The van der Waals surface area contributed by atoms with E-state index in [1.54, 1.807) is 0 Å². The number of alkyl halides is 1. The lowest BCUT2D eigenvalue weighted by atomic mass is 10.0. The van der Waals surface area contributed by atoms with Gasteiger partial charge in [-0.15, -0.1) is 0 Å². The molecule has 1 aromatic carbocycles. The smallest absolute Gasteiger partial charge is 0.129 e. The van der Waals surface area contributed by atoms with Crippen LogP contribution in [0.5, 0.6) is 0 Å². The number of halogens is 1. The Morgan fingerprint density at radius 3 is 3.06 bits per heavy atom. The molecule has 1 atom stereocenters. The first-order valence-corrected chi connectivity index (χ1v) is 6.54. The summed E-state index contributed by atoms with van der Waals surface area (Å²) < 4.78 is 13.2. The van der Waals surface area contributed by atoms with E-state index in [0.29, 0.717) is 13.0 Å². The standard InChI is InChI=1S/C15H17FN2/c1-2-11-4-3-5-12-8-15(17-9-14(11)12)18-7-6-13(16)10-18/h3-5,8-9,13H,2,6-7,10H2,1H3. The number of hydrogen-bond acceptors (Lipinski definition) is 2. The van der Waals surface area contributed by atoms with E-state index in [4.69, 9.17) is 0 Å². The number of nitrogens with zero attached hydrogens (tertiary/aromatic N) is 2. The van der Waals surface area contributed by atoms with E-state index in [1.807, 2.05) is 11.1 Å². The van der Waals surface area contributed by atoms with Crippen LogP contribution in [0.15, 0.2) is 30.5 Å². The van der Waals surface area contributed by atoms with Crippen molar-refractivity contribution < 1.29 is 4.39 Å². The quantitative estimate of drug-likeness (QED) is 0.805. The highest BCUT2D eigenvalue weighted by atomic mass is 19.1. The van der Waals surface area contributed by atoms with Crippen LogP contribution in [0.4, 0.5) is 10.2 Å². The maximum Gasteiger partial charge on any atom is 0.129 e. The molecule has 0 spiro atoms. The summed E-state index contributed by atoms with van der Waals surface area (Å²) in [5.74, 6) is 0.899. The average molecular weight is 244 g/mol. The SMILES string of the molecule is CCc1cccc2cc(N3CCC(F)C3)ncc12. The molecule has 1 fully saturated rings. The summed E-state index contributed by atoms with van der Waals surface area (Å²) in [6.45, 7) is 3.40. The Morgan fingerprint density at radius 1 is 1.44 bits per heavy atom. The molecule has 18 heavy (non-hydrogen) atoms. The van der Waals surface area contributed by atoms with Gasteiger partial charge >= 0.3 is 0 Å². The maximum absolute atomic E-state index is 13.2. The topological polar surface area (TPSA) is 16.1 Å². The molecule has 2 nitrogen and oxygen atoms in total. The molecule has 1 aromatic heterocycles. The summed E-state index contributed by atoms with van der Waals surface area (Å²) in [7, 11) is 0.